The highest BCUT2D eigenvalue weighted by Gasteiger charge is 2.33. The minimum Gasteiger partial charge on any atom is -0.444 e. The molecule has 1 aromatic rings. The van der Waals surface area contributed by atoms with Gasteiger partial charge in [-0.1, -0.05) is 44.2 Å². The Kier molecular flexibility index (Phi) is 7.29. The zero-order valence-electron chi connectivity index (χ0n) is 18.2. The second-order valence-corrected chi connectivity index (χ2v) is 9.38. The predicted octanol–water partition coefficient (Wildman–Crippen LogP) is 4.15. The molecule has 6 heteroatoms. The van der Waals surface area contributed by atoms with Crippen LogP contribution in [0.4, 0.5) is 4.79 Å². The Balaban J connectivity index is 2.15. The number of amides is 2. The van der Waals surface area contributed by atoms with E-state index < -0.39 is 17.7 Å². The molecule has 1 fully saturated rings. The van der Waals surface area contributed by atoms with E-state index in [1.54, 1.807) is 4.90 Å². The van der Waals surface area contributed by atoms with Crippen molar-refractivity contribution < 1.29 is 14.3 Å². The van der Waals surface area contributed by atoms with Gasteiger partial charge in [0.1, 0.15) is 11.6 Å². The quantitative estimate of drug-likeness (QED) is 0.779. The van der Waals surface area contributed by atoms with E-state index in [9.17, 15) is 14.9 Å². The summed E-state index contributed by atoms with van der Waals surface area (Å²) in [5, 5.41) is 12.2. The highest BCUT2D eigenvalue weighted by molar-refractivity contribution is 5.79. The van der Waals surface area contributed by atoms with Crippen LogP contribution in [-0.4, -0.2) is 41.1 Å². The molecule has 0 radical (unpaired) electrons. The molecule has 158 valence electrons. The molecular formula is C23H33N3O3. The second-order valence-electron chi connectivity index (χ2n) is 9.38. The lowest BCUT2D eigenvalue weighted by Crippen LogP contribution is -2.45. The van der Waals surface area contributed by atoms with Gasteiger partial charge in [-0.15, -0.1) is 0 Å². The molecule has 0 spiro atoms. The third-order valence-electron chi connectivity index (χ3n) is 5.18. The second kappa shape index (κ2) is 9.30. The van der Waals surface area contributed by atoms with Crippen LogP contribution in [0.2, 0.25) is 0 Å². The molecule has 1 saturated heterocycles. The number of carbonyl (C=O) groups is 2. The normalized spacial score (nSPS) is 18.1. The van der Waals surface area contributed by atoms with Crippen LogP contribution in [-0.2, 0) is 14.9 Å². The summed E-state index contributed by atoms with van der Waals surface area (Å²) in [6, 6.07) is 11.5. The predicted molar refractivity (Wildman–Crippen MR) is 112 cm³/mol. The molecule has 0 aliphatic carbocycles. The Morgan fingerprint density at radius 2 is 1.90 bits per heavy atom. The number of nitriles is 1. The van der Waals surface area contributed by atoms with Crippen LogP contribution in [0.1, 0.15) is 65.9 Å². The Bertz CT molecular complexity index is 747. The van der Waals surface area contributed by atoms with Gasteiger partial charge in [0, 0.05) is 19.0 Å². The highest BCUT2D eigenvalue weighted by Crippen LogP contribution is 2.30. The van der Waals surface area contributed by atoms with Crippen molar-refractivity contribution in [1.29, 1.82) is 5.26 Å². The number of nitrogens with one attached hydrogen (secondary N) is 1. The Hall–Kier alpha value is -2.55. The number of likely N-dealkylation sites (tertiary alicyclic amines) is 1. The van der Waals surface area contributed by atoms with Crippen molar-refractivity contribution in [2.45, 2.75) is 83.4 Å². The van der Waals surface area contributed by atoms with E-state index in [0.717, 1.165) is 12.0 Å². The van der Waals surface area contributed by atoms with Crippen molar-refractivity contribution in [1.82, 2.24) is 10.2 Å². The molecular weight excluding hydrogens is 366 g/mol. The third-order valence-corrected chi connectivity index (χ3v) is 5.18. The fraction of sp³-hybridized carbons (Fsp3) is 0.609. The van der Waals surface area contributed by atoms with Crippen LogP contribution < -0.4 is 5.32 Å². The summed E-state index contributed by atoms with van der Waals surface area (Å²) in [5.41, 5.74) is 0.273. The van der Waals surface area contributed by atoms with Crippen molar-refractivity contribution in [3.63, 3.8) is 0 Å². The first-order valence-electron chi connectivity index (χ1n) is 10.3. The molecule has 6 nitrogen and oxygen atoms in total. The first kappa shape index (κ1) is 22.7. The number of carbonyl (C=O) groups excluding carboxylic acids is 2. The Labute approximate surface area is 174 Å². The molecule has 0 bridgehead atoms. The fourth-order valence-electron chi connectivity index (χ4n) is 3.80. The van der Waals surface area contributed by atoms with Gasteiger partial charge in [0.15, 0.2) is 0 Å². The van der Waals surface area contributed by atoms with Gasteiger partial charge >= 0.3 is 6.09 Å². The summed E-state index contributed by atoms with van der Waals surface area (Å²) < 4.78 is 5.41. The van der Waals surface area contributed by atoms with Crippen LogP contribution in [0.15, 0.2) is 30.3 Å². The van der Waals surface area contributed by atoms with Crippen LogP contribution in [0.25, 0.3) is 0 Å². The monoisotopic (exact) mass is 399 g/mol. The zero-order valence-corrected chi connectivity index (χ0v) is 18.2. The first-order valence-corrected chi connectivity index (χ1v) is 10.3. The maximum atomic E-state index is 12.9. The lowest BCUT2D eigenvalue weighted by atomic mass is 9.78. The lowest BCUT2D eigenvalue weighted by molar-refractivity contribution is -0.131. The van der Waals surface area contributed by atoms with Gasteiger partial charge in [0.25, 0.3) is 0 Å². The van der Waals surface area contributed by atoms with Gasteiger partial charge in [-0.2, -0.15) is 5.26 Å². The van der Waals surface area contributed by atoms with E-state index in [-0.39, 0.29) is 23.8 Å². The van der Waals surface area contributed by atoms with Crippen LogP contribution in [0.5, 0.6) is 0 Å². The largest absolute Gasteiger partial charge is 0.444 e. The van der Waals surface area contributed by atoms with E-state index in [0.29, 0.717) is 19.4 Å². The number of hydrogen-bond acceptors (Lipinski definition) is 4. The van der Waals surface area contributed by atoms with E-state index >= 15 is 0 Å². The SMILES string of the molecule is CC(C)(C)OC(=O)NC(CC(=O)N1CCCC1C#N)CC(C)(C)c1ccccc1. The van der Waals surface area contributed by atoms with Crippen molar-refractivity contribution in [2.24, 2.45) is 0 Å². The van der Waals surface area contributed by atoms with Crippen molar-refractivity contribution in [3.05, 3.63) is 35.9 Å². The van der Waals surface area contributed by atoms with Gasteiger partial charge in [-0.25, -0.2) is 4.79 Å². The van der Waals surface area contributed by atoms with Gasteiger partial charge < -0.3 is 15.0 Å². The molecule has 1 aliphatic heterocycles. The molecule has 2 unspecified atom stereocenters. The Morgan fingerprint density at radius 1 is 1.24 bits per heavy atom. The molecule has 0 saturated carbocycles. The number of hydrogen-bond donors (Lipinski definition) is 1. The topological polar surface area (TPSA) is 82.4 Å². The molecule has 1 aliphatic rings. The summed E-state index contributed by atoms with van der Waals surface area (Å²) in [4.78, 5) is 26.9. The van der Waals surface area contributed by atoms with Gasteiger partial charge in [0.2, 0.25) is 5.91 Å². The molecule has 2 atom stereocenters. The number of rotatable bonds is 6. The number of alkyl carbamates (subject to hydrolysis) is 1. The van der Waals surface area contributed by atoms with E-state index in [1.165, 1.54) is 0 Å². The van der Waals surface area contributed by atoms with Crippen LogP contribution >= 0.6 is 0 Å². The van der Waals surface area contributed by atoms with Crippen LogP contribution in [0.3, 0.4) is 0 Å². The third kappa shape index (κ3) is 6.77. The zero-order chi connectivity index (χ0) is 21.7. The lowest BCUT2D eigenvalue weighted by Gasteiger charge is -2.32. The highest BCUT2D eigenvalue weighted by atomic mass is 16.6. The molecule has 0 aromatic heterocycles. The average molecular weight is 400 g/mol. The molecule has 1 heterocycles. The van der Waals surface area contributed by atoms with Crippen molar-refractivity contribution >= 4 is 12.0 Å². The summed E-state index contributed by atoms with van der Waals surface area (Å²) in [6.45, 7) is 10.2. The number of benzene rings is 1. The minimum atomic E-state index is -0.617. The average Bonchev–Trinajstić information content (AvgIpc) is 3.09. The fourth-order valence-corrected chi connectivity index (χ4v) is 3.80. The van der Waals surface area contributed by atoms with Gasteiger partial charge in [-0.3, -0.25) is 4.79 Å². The molecule has 2 amide bonds. The van der Waals surface area contributed by atoms with E-state index in [1.807, 2.05) is 39.0 Å². The number of nitrogens with zero attached hydrogens (tertiary/aromatic N) is 2. The van der Waals surface area contributed by atoms with E-state index in [2.05, 4.69) is 37.4 Å². The van der Waals surface area contributed by atoms with Crippen molar-refractivity contribution in [2.75, 3.05) is 6.54 Å². The standard InChI is InChI=1S/C23H33N3O3/c1-22(2,3)29-21(28)25-18(14-20(27)26-13-9-12-19(26)16-24)15-23(4,5)17-10-7-6-8-11-17/h6-8,10-11,18-19H,9,12-15H2,1-5H3,(H,25,28). The van der Waals surface area contributed by atoms with Crippen molar-refractivity contribution in [3.8, 4) is 6.07 Å². The summed E-state index contributed by atoms with van der Waals surface area (Å²) in [5.74, 6) is -0.0982. The number of ether oxygens (including phenoxy) is 1. The minimum absolute atomic E-state index is 0.0982. The van der Waals surface area contributed by atoms with Crippen LogP contribution in [0, 0.1) is 11.3 Å². The molecule has 2 rings (SSSR count). The maximum absolute atomic E-state index is 12.9. The molecule has 1 aromatic carbocycles. The summed E-state index contributed by atoms with van der Waals surface area (Å²) >= 11 is 0. The van der Waals surface area contributed by atoms with E-state index in [4.69, 9.17) is 4.74 Å². The summed E-state index contributed by atoms with van der Waals surface area (Å²) in [6.07, 6.45) is 1.74. The molecule has 1 N–H and O–H groups in total. The molecule has 29 heavy (non-hydrogen) atoms. The maximum Gasteiger partial charge on any atom is 0.407 e. The Morgan fingerprint density at radius 3 is 2.48 bits per heavy atom. The smallest absolute Gasteiger partial charge is 0.407 e. The van der Waals surface area contributed by atoms with Gasteiger partial charge in [0.05, 0.1) is 6.07 Å². The summed E-state index contributed by atoms with van der Waals surface area (Å²) in [7, 11) is 0. The first-order chi connectivity index (χ1) is 13.5. The van der Waals surface area contributed by atoms with Gasteiger partial charge in [-0.05, 0) is 51.0 Å².